The van der Waals surface area contributed by atoms with Gasteiger partial charge in [-0.25, -0.2) is 9.37 Å². The number of nitrogens with one attached hydrogen (secondary N) is 2. The van der Waals surface area contributed by atoms with Gasteiger partial charge in [0.05, 0.1) is 5.56 Å². The number of carbonyl (C=O) groups excluding carboxylic acids is 1. The van der Waals surface area contributed by atoms with Crippen LogP contribution in [0, 0.1) is 19.7 Å². The van der Waals surface area contributed by atoms with E-state index in [1.807, 2.05) is 44.2 Å². The van der Waals surface area contributed by atoms with E-state index in [2.05, 4.69) is 15.6 Å². The van der Waals surface area contributed by atoms with Crippen LogP contribution in [0.1, 0.15) is 21.5 Å². The summed E-state index contributed by atoms with van der Waals surface area (Å²) < 4.78 is 19.7. The van der Waals surface area contributed by atoms with Crippen LogP contribution in [-0.4, -0.2) is 16.0 Å². The summed E-state index contributed by atoms with van der Waals surface area (Å²) in [6.07, 6.45) is 0. The number of aromatic nitrogens is 1. The third kappa shape index (κ3) is 4.06. The van der Waals surface area contributed by atoms with Gasteiger partial charge in [-0.05, 0) is 73.6 Å². The van der Waals surface area contributed by atoms with Crippen molar-refractivity contribution in [1.29, 1.82) is 0 Å². The highest BCUT2D eigenvalue weighted by molar-refractivity contribution is 7.80. The molecule has 0 aliphatic carbocycles. The maximum Gasteiger partial charge on any atom is 0.260 e. The van der Waals surface area contributed by atoms with Gasteiger partial charge in [0.1, 0.15) is 11.3 Å². The highest BCUT2D eigenvalue weighted by Gasteiger charge is 2.14. The second-order valence-corrected chi connectivity index (χ2v) is 7.33. The summed E-state index contributed by atoms with van der Waals surface area (Å²) in [7, 11) is 0. The number of halogens is 1. The zero-order valence-corrected chi connectivity index (χ0v) is 17.1. The predicted molar refractivity (Wildman–Crippen MR) is 119 cm³/mol. The van der Waals surface area contributed by atoms with Crippen LogP contribution < -0.4 is 10.6 Å². The molecule has 1 amide bonds. The molecule has 2 N–H and O–H groups in total. The van der Waals surface area contributed by atoms with Crippen molar-refractivity contribution >= 4 is 40.0 Å². The van der Waals surface area contributed by atoms with E-state index in [4.69, 9.17) is 16.6 Å². The van der Waals surface area contributed by atoms with E-state index in [-0.39, 0.29) is 10.7 Å². The first-order valence-corrected chi connectivity index (χ1v) is 9.66. The molecular formula is C23H18FN3O2S. The molecule has 1 heterocycles. The first kappa shape index (κ1) is 19.7. The van der Waals surface area contributed by atoms with Crippen LogP contribution in [0.4, 0.5) is 10.1 Å². The number of nitrogens with zero attached hydrogens (tertiary/aromatic N) is 1. The molecule has 0 unspecified atom stereocenters. The normalized spacial score (nSPS) is 10.8. The van der Waals surface area contributed by atoms with Crippen LogP contribution in [0.15, 0.2) is 65.1 Å². The molecule has 4 rings (SSSR count). The summed E-state index contributed by atoms with van der Waals surface area (Å²) in [5, 5.41) is 5.48. The van der Waals surface area contributed by atoms with Gasteiger partial charge < -0.3 is 9.73 Å². The molecule has 30 heavy (non-hydrogen) atoms. The first-order chi connectivity index (χ1) is 14.4. The maximum absolute atomic E-state index is 13.8. The number of anilines is 1. The van der Waals surface area contributed by atoms with E-state index in [0.29, 0.717) is 11.6 Å². The summed E-state index contributed by atoms with van der Waals surface area (Å²) in [5.74, 6) is -0.739. The van der Waals surface area contributed by atoms with E-state index in [1.165, 1.54) is 18.2 Å². The Morgan fingerprint density at radius 1 is 1.07 bits per heavy atom. The van der Waals surface area contributed by atoms with Crippen LogP contribution in [0.25, 0.3) is 22.6 Å². The number of fused-ring (bicyclic) bond motifs is 1. The van der Waals surface area contributed by atoms with Crippen molar-refractivity contribution in [3.8, 4) is 11.5 Å². The predicted octanol–water partition coefficient (Wildman–Crippen LogP) is 5.38. The second-order valence-electron chi connectivity index (χ2n) is 6.92. The average molecular weight is 419 g/mol. The molecule has 3 aromatic carbocycles. The zero-order chi connectivity index (χ0) is 21.3. The largest absolute Gasteiger partial charge is 0.436 e. The number of benzene rings is 3. The third-order valence-electron chi connectivity index (χ3n) is 4.53. The summed E-state index contributed by atoms with van der Waals surface area (Å²) in [4.78, 5) is 16.8. The summed E-state index contributed by atoms with van der Waals surface area (Å²) in [6.45, 7) is 4.00. The number of oxazole rings is 1. The lowest BCUT2D eigenvalue weighted by molar-refractivity contribution is 0.0974. The van der Waals surface area contributed by atoms with Gasteiger partial charge in [0.2, 0.25) is 5.89 Å². The van der Waals surface area contributed by atoms with Gasteiger partial charge in [-0.2, -0.15) is 0 Å². The van der Waals surface area contributed by atoms with Crippen molar-refractivity contribution in [2.45, 2.75) is 13.8 Å². The number of amides is 1. The van der Waals surface area contributed by atoms with E-state index in [0.717, 1.165) is 27.8 Å². The highest BCUT2D eigenvalue weighted by Crippen LogP contribution is 2.28. The molecule has 0 saturated carbocycles. The Kier molecular flexibility index (Phi) is 5.29. The molecule has 0 aliphatic heterocycles. The number of aryl methyl sites for hydroxylation is 2. The zero-order valence-electron chi connectivity index (χ0n) is 16.3. The minimum atomic E-state index is -0.619. The number of rotatable bonds is 3. The van der Waals surface area contributed by atoms with E-state index in [1.54, 1.807) is 12.1 Å². The monoisotopic (exact) mass is 419 g/mol. The second kappa shape index (κ2) is 8.04. The Morgan fingerprint density at radius 3 is 2.67 bits per heavy atom. The Balaban J connectivity index is 1.52. The summed E-state index contributed by atoms with van der Waals surface area (Å²) in [5.41, 5.74) is 5.02. The van der Waals surface area contributed by atoms with Crippen molar-refractivity contribution < 1.29 is 13.6 Å². The van der Waals surface area contributed by atoms with E-state index < -0.39 is 11.7 Å². The van der Waals surface area contributed by atoms with Crippen molar-refractivity contribution in [2.75, 3.05) is 5.32 Å². The summed E-state index contributed by atoms with van der Waals surface area (Å²) >= 11 is 5.19. The fourth-order valence-electron chi connectivity index (χ4n) is 3.21. The van der Waals surface area contributed by atoms with E-state index >= 15 is 0 Å². The van der Waals surface area contributed by atoms with Gasteiger partial charge in [-0.1, -0.05) is 24.3 Å². The lowest BCUT2D eigenvalue weighted by atomic mass is 10.1. The smallest absolute Gasteiger partial charge is 0.260 e. The van der Waals surface area contributed by atoms with Crippen molar-refractivity contribution in [3.05, 3.63) is 83.2 Å². The minimum Gasteiger partial charge on any atom is -0.436 e. The first-order valence-electron chi connectivity index (χ1n) is 9.26. The third-order valence-corrected chi connectivity index (χ3v) is 4.74. The number of carbonyl (C=O) groups is 1. The van der Waals surface area contributed by atoms with E-state index in [9.17, 15) is 9.18 Å². The van der Waals surface area contributed by atoms with Gasteiger partial charge >= 0.3 is 0 Å². The van der Waals surface area contributed by atoms with Crippen LogP contribution in [0.3, 0.4) is 0 Å². The SMILES string of the molecule is Cc1cc(C)c2oc(-c3cccc(NC(=S)NC(=O)c4ccccc4F)c3)nc2c1. The molecule has 0 fully saturated rings. The van der Waals surface area contributed by atoms with Crippen LogP contribution in [0.2, 0.25) is 0 Å². The van der Waals surface area contributed by atoms with Gasteiger partial charge in [0.25, 0.3) is 5.91 Å². The molecule has 150 valence electrons. The average Bonchev–Trinajstić information content (AvgIpc) is 3.13. The molecule has 1 aromatic heterocycles. The topological polar surface area (TPSA) is 67.2 Å². The number of hydrogen-bond acceptors (Lipinski definition) is 4. The van der Waals surface area contributed by atoms with Crippen LogP contribution in [-0.2, 0) is 0 Å². The Hall–Kier alpha value is -3.58. The van der Waals surface area contributed by atoms with Crippen molar-refractivity contribution in [3.63, 3.8) is 0 Å². The maximum atomic E-state index is 13.8. The van der Waals surface area contributed by atoms with Crippen molar-refractivity contribution in [1.82, 2.24) is 10.3 Å². The molecule has 0 bridgehead atoms. The Labute approximate surface area is 177 Å². The quantitative estimate of drug-likeness (QED) is 0.437. The molecule has 0 spiro atoms. The van der Waals surface area contributed by atoms with Crippen LogP contribution in [0.5, 0.6) is 0 Å². The molecule has 0 saturated heterocycles. The Morgan fingerprint density at radius 2 is 1.87 bits per heavy atom. The Bertz CT molecular complexity index is 1280. The van der Waals surface area contributed by atoms with Crippen molar-refractivity contribution in [2.24, 2.45) is 0 Å². The number of thiocarbonyl (C=S) groups is 1. The molecule has 7 heteroatoms. The fraction of sp³-hybridized carbons (Fsp3) is 0.0870. The summed E-state index contributed by atoms with van der Waals surface area (Å²) in [6, 6.07) is 17.0. The lowest BCUT2D eigenvalue weighted by Crippen LogP contribution is -2.34. The lowest BCUT2D eigenvalue weighted by Gasteiger charge is -2.10. The van der Waals surface area contributed by atoms with Crippen LogP contribution >= 0.6 is 12.2 Å². The van der Waals surface area contributed by atoms with Gasteiger partial charge in [0, 0.05) is 11.3 Å². The minimum absolute atomic E-state index is 0.0597. The molecule has 4 aromatic rings. The fourth-order valence-corrected chi connectivity index (χ4v) is 3.42. The molecule has 0 aliphatic rings. The molecule has 0 radical (unpaired) electrons. The molecule has 5 nitrogen and oxygen atoms in total. The molecule has 0 atom stereocenters. The number of hydrogen-bond donors (Lipinski definition) is 2. The van der Waals surface area contributed by atoms with Gasteiger partial charge in [-0.15, -0.1) is 0 Å². The highest BCUT2D eigenvalue weighted by atomic mass is 32.1. The van der Waals surface area contributed by atoms with Gasteiger partial charge in [0.15, 0.2) is 10.7 Å². The van der Waals surface area contributed by atoms with Gasteiger partial charge in [-0.3, -0.25) is 10.1 Å². The molecular weight excluding hydrogens is 401 g/mol. The standard InChI is InChI=1S/C23H18FN3O2S/c1-13-10-14(2)20-19(11-13)26-22(29-20)15-6-5-7-16(12-15)25-23(30)27-21(28)17-8-3-4-9-18(17)24/h3-12H,1-2H3,(H2,25,27,28,30).